The quantitative estimate of drug-likeness (QED) is 0.0512. The van der Waals surface area contributed by atoms with Crippen LogP contribution < -0.4 is 26.6 Å². The normalized spacial score (nSPS) is 33.9. The van der Waals surface area contributed by atoms with Crippen molar-refractivity contribution in [3.05, 3.63) is 72.4 Å². The summed E-state index contributed by atoms with van der Waals surface area (Å²) in [4.78, 5) is 123. The van der Waals surface area contributed by atoms with Crippen LogP contribution in [0.2, 0.25) is 0 Å². The first-order valence-corrected chi connectivity index (χ1v) is 39.9. The van der Waals surface area contributed by atoms with E-state index < -0.39 is 110 Å². The third-order valence-electron chi connectivity index (χ3n) is 23.3. The van der Waals surface area contributed by atoms with Crippen molar-refractivity contribution in [3.63, 3.8) is 0 Å². The molecule has 2 unspecified atom stereocenters. The maximum absolute atomic E-state index is 14.6. The maximum atomic E-state index is 14.6. The van der Waals surface area contributed by atoms with Crippen molar-refractivity contribution in [1.29, 1.82) is 0 Å². The summed E-state index contributed by atoms with van der Waals surface area (Å²) in [5.74, 6) is -5.02. The Morgan fingerprint density at radius 3 is 1.99 bits per heavy atom. The number of benzene rings is 1. The number of aliphatic hydroxyl groups excluding tert-OH is 1. The number of nitrogens with zero attached hydrogens (tertiary/aromatic N) is 3. The summed E-state index contributed by atoms with van der Waals surface area (Å²) in [6.45, 7) is 14.1. The number of methoxy groups -OCH3 is 1. The van der Waals surface area contributed by atoms with Crippen LogP contribution in [0.5, 0.6) is 0 Å². The number of ether oxygens (including phenoxy) is 13. The van der Waals surface area contributed by atoms with Gasteiger partial charge in [0.05, 0.1) is 140 Å². The van der Waals surface area contributed by atoms with Gasteiger partial charge in [0.1, 0.15) is 42.3 Å². The molecule has 0 aliphatic carbocycles. The fraction of sp³-hybridized carbons (Fsp3) is 0.734. The summed E-state index contributed by atoms with van der Waals surface area (Å²) in [7, 11) is 1.57. The second-order valence-corrected chi connectivity index (χ2v) is 31.1. The predicted octanol–water partition coefficient (Wildman–Crippen LogP) is 1.37. The fourth-order valence-corrected chi connectivity index (χ4v) is 17.4. The molecule has 20 atom stereocenters. The van der Waals surface area contributed by atoms with Gasteiger partial charge >= 0.3 is 0 Å². The first-order valence-electron chi connectivity index (χ1n) is 39.9. The number of rotatable bonds is 23. The molecule has 0 saturated carbocycles. The van der Waals surface area contributed by atoms with Gasteiger partial charge in [-0.05, 0) is 80.4 Å². The van der Waals surface area contributed by atoms with Gasteiger partial charge in [0, 0.05) is 129 Å². The molecule has 1 aromatic carbocycles. The molecule has 11 fully saturated rings. The van der Waals surface area contributed by atoms with Gasteiger partial charge < -0.3 is 98.2 Å². The molecule has 8 amide bonds. The van der Waals surface area contributed by atoms with Crippen molar-refractivity contribution in [2.45, 2.75) is 232 Å². The molecule has 12 bridgehead atoms. The SMILES string of the molecule is C=C1C[C@@H]2CC[C@@]34C[C@H]5OC6C(O[C@H]7CC[C@H](CC(=O)C[C@@H]8[C@@H](OC)[C@@H](C[C@H](O)CNC(=O)CNC(=O)[C@H](Cc9ccccc9)NC(=O)CNC(=O)CNC(=O)CCN9CCOCCOCCN(C(=O)CCCCN%10C(=O)C=CC%10=O)CCOCCOCC9)O[C@H]8C[C@H]8O[C@@H](CC[C@@H]1O2)C[C@@H](C)C8=C)O[C@@H]7[C@@H]6O3)[C@H]5O4. The number of ketones is 1. The van der Waals surface area contributed by atoms with E-state index in [1.165, 1.54) is 12.2 Å². The van der Waals surface area contributed by atoms with Crippen molar-refractivity contribution in [2.24, 2.45) is 11.8 Å². The van der Waals surface area contributed by atoms with E-state index >= 15 is 0 Å². The maximum Gasteiger partial charge on any atom is 0.253 e. The molecule has 12 aliphatic heterocycles. The van der Waals surface area contributed by atoms with Crippen LogP contribution in [0.4, 0.5) is 0 Å². The average molecular weight is 1540 g/mol. The molecule has 13 rings (SSSR count). The lowest BCUT2D eigenvalue weighted by atomic mass is 9.81. The molecule has 0 radical (unpaired) electrons. The lowest BCUT2D eigenvalue weighted by molar-refractivity contribution is -0.292. The topological polar surface area (TPSA) is 364 Å². The van der Waals surface area contributed by atoms with Crippen LogP contribution in [0.15, 0.2) is 66.8 Å². The summed E-state index contributed by atoms with van der Waals surface area (Å²) in [6.07, 6.45) is 4.61. The van der Waals surface area contributed by atoms with Crippen LogP contribution in [0.25, 0.3) is 0 Å². The zero-order chi connectivity index (χ0) is 77.3. The van der Waals surface area contributed by atoms with Gasteiger partial charge in [-0.25, -0.2) is 0 Å². The number of carbonyl (C=O) groups is 9. The zero-order valence-corrected chi connectivity index (χ0v) is 63.7. The molecule has 11 saturated heterocycles. The van der Waals surface area contributed by atoms with Crippen molar-refractivity contribution in [3.8, 4) is 0 Å². The third kappa shape index (κ3) is 22.5. The van der Waals surface area contributed by atoms with Gasteiger partial charge in [-0.15, -0.1) is 0 Å². The second-order valence-electron chi connectivity index (χ2n) is 31.1. The molecule has 12 heterocycles. The van der Waals surface area contributed by atoms with E-state index in [0.717, 1.165) is 48.2 Å². The van der Waals surface area contributed by atoms with Crippen molar-refractivity contribution < 1.29 is 110 Å². The lowest BCUT2D eigenvalue weighted by Crippen LogP contribution is -2.61. The minimum Gasteiger partial charge on any atom is -0.391 e. The van der Waals surface area contributed by atoms with Crippen molar-refractivity contribution >= 4 is 53.0 Å². The van der Waals surface area contributed by atoms with Crippen LogP contribution in [-0.2, 0) is 111 Å². The molecule has 31 heteroatoms. The van der Waals surface area contributed by atoms with Crippen LogP contribution in [0, 0.1) is 11.8 Å². The van der Waals surface area contributed by atoms with E-state index in [2.05, 4.69) is 46.7 Å². The lowest BCUT2D eigenvalue weighted by Gasteiger charge is -2.47. The van der Waals surface area contributed by atoms with E-state index in [0.29, 0.717) is 123 Å². The Kier molecular flexibility index (Phi) is 30.1. The van der Waals surface area contributed by atoms with Gasteiger partial charge in [0.25, 0.3) is 11.8 Å². The smallest absolute Gasteiger partial charge is 0.253 e. The number of amides is 8. The largest absolute Gasteiger partial charge is 0.391 e. The Labute approximate surface area is 643 Å². The summed E-state index contributed by atoms with van der Waals surface area (Å²) >= 11 is 0. The highest BCUT2D eigenvalue weighted by atomic mass is 16.8. The zero-order valence-electron chi connectivity index (χ0n) is 63.7. The number of hydrogen-bond acceptors (Lipinski definition) is 24. The van der Waals surface area contributed by atoms with Gasteiger partial charge in [0.15, 0.2) is 5.79 Å². The molecule has 608 valence electrons. The number of nitrogens with one attached hydrogen (secondary N) is 5. The van der Waals surface area contributed by atoms with E-state index in [1.807, 2.05) is 4.90 Å². The second kappa shape index (κ2) is 40.0. The first kappa shape index (κ1) is 82.9. The number of Topliss-reactive ketones (excluding diaryl/α,β-unsaturated/α-hetero) is 1. The van der Waals surface area contributed by atoms with Crippen molar-refractivity contribution in [1.82, 2.24) is 41.3 Å². The van der Waals surface area contributed by atoms with E-state index in [4.69, 9.17) is 61.6 Å². The third-order valence-corrected chi connectivity index (χ3v) is 23.3. The number of imide groups is 1. The van der Waals surface area contributed by atoms with Crippen LogP contribution >= 0.6 is 0 Å². The molecule has 1 aromatic rings. The fourth-order valence-electron chi connectivity index (χ4n) is 17.4. The average Bonchev–Trinajstić information content (AvgIpc) is 1.55. The highest BCUT2D eigenvalue weighted by molar-refractivity contribution is 6.12. The van der Waals surface area contributed by atoms with Gasteiger partial charge in [-0.2, -0.15) is 0 Å². The first-order chi connectivity index (χ1) is 53.2. The summed E-state index contributed by atoms with van der Waals surface area (Å²) < 4.78 is 84.1. The number of aliphatic hydroxyl groups is 1. The monoisotopic (exact) mass is 1540 g/mol. The van der Waals surface area contributed by atoms with Crippen LogP contribution in [0.1, 0.15) is 122 Å². The molecule has 1 spiro atoms. The van der Waals surface area contributed by atoms with E-state index in [9.17, 15) is 48.3 Å². The van der Waals surface area contributed by atoms with Gasteiger partial charge in [0.2, 0.25) is 35.4 Å². The highest BCUT2D eigenvalue weighted by Gasteiger charge is 2.69. The Hall–Kier alpha value is -6.53. The molecule has 110 heavy (non-hydrogen) atoms. The number of carbonyl (C=O) groups excluding carboxylic acids is 9. The molecule has 0 aromatic heterocycles. The van der Waals surface area contributed by atoms with Crippen LogP contribution in [0.3, 0.4) is 0 Å². The number of fused-ring (bicyclic) bond motifs is 6. The number of unbranched alkanes of at least 4 members (excludes halogenated alkanes) is 1. The molecular weight excluding hydrogens is 1430 g/mol. The minimum atomic E-state index is -1.17. The summed E-state index contributed by atoms with van der Waals surface area (Å²) in [5.41, 5.74) is 2.72. The standard InChI is InChI=1S/C79H114N8O23/c1-48-36-54-13-15-59-49(2)37-56(103-59)19-21-79-43-64-74(109-79)75-76(108-64)77(110-79)73-60(107-75)16-14-55(105-73)39-52(88)40-57-62(42-61(104-54)50(48)3)106-63(72(57)98-4)41-53(89)44-80-67(92)46-83-78(97)58(38-51-10-6-5-7-11-51)84-68(93)47-82-66(91)45-81-65(90)20-23-85-24-28-99-32-34-101-30-26-86(27-31-102-35-33-100-29-25-85)69(94)12-8-9-22-87-70(95)17-18-71(87)96/h5-7,10-11,17-18,48,53-64,72-77,89H,2-3,8-9,12-16,19-47H2,1,4H3,(H,80,92)(H,81,90)(H,82,91)(H,83,97)(H,84,93)/t48-,53+,54+,55-,56+,57+,58+,59+,60+,61-,62+,63-,64-,72-,73+,74+,75?,76?,77+,79+/m1/s1. The van der Waals surface area contributed by atoms with Crippen LogP contribution in [-0.4, -0.2) is 308 Å². The molecule has 6 N–H and O–H groups in total. The predicted molar refractivity (Wildman–Crippen MR) is 392 cm³/mol. The highest BCUT2D eigenvalue weighted by Crippen LogP contribution is 2.55. The Balaban J connectivity index is 0.575. The van der Waals surface area contributed by atoms with E-state index in [-0.39, 0.29) is 149 Å². The summed E-state index contributed by atoms with van der Waals surface area (Å²) in [6, 6.07) is 7.75. The Morgan fingerprint density at radius 2 is 1.25 bits per heavy atom. The van der Waals surface area contributed by atoms with E-state index in [1.54, 1.807) is 42.3 Å². The summed E-state index contributed by atoms with van der Waals surface area (Å²) in [5, 5.41) is 24.7. The Bertz CT molecular complexity index is 3350. The number of hydrogen-bond donors (Lipinski definition) is 6. The molecule has 12 aliphatic rings. The minimum absolute atomic E-state index is 0.0218. The molecule has 31 nitrogen and oxygen atoms in total. The molecular formula is C79H114N8O23. The van der Waals surface area contributed by atoms with Gasteiger partial charge in [-0.3, -0.25) is 53.0 Å². The Morgan fingerprint density at radius 1 is 0.609 bits per heavy atom. The van der Waals surface area contributed by atoms with Gasteiger partial charge in [-0.1, -0.05) is 50.4 Å². The van der Waals surface area contributed by atoms with Crippen molar-refractivity contribution in [2.75, 3.05) is 125 Å².